The van der Waals surface area contributed by atoms with Crippen LogP contribution in [-0.4, -0.2) is 34.4 Å². The van der Waals surface area contributed by atoms with Crippen molar-refractivity contribution in [1.82, 2.24) is 10.1 Å². The maximum absolute atomic E-state index is 8.96. The molecule has 0 atom stereocenters. The number of hydrogen-bond acceptors (Lipinski definition) is 4. The van der Waals surface area contributed by atoms with Gasteiger partial charge in [0.2, 0.25) is 0 Å². The molecule has 4 heteroatoms. The first kappa shape index (κ1) is 6.82. The van der Waals surface area contributed by atoms with Gasteiger partial charge in [-0.1, -0.05) is 5.16 Å². The van der Waals surface area contributed by atoms with Gasteiger partial charge in [0.25, 0.3) is 0 Å². The van der Waals surface area contributed by atoms with Gasteiger partial charge in [-0.3, -0.25) is 4.90 Å². The maximum Gasteiger partial charge on any atom is 0.150 e. The molecule has 1 N–H and O–H groups in total. The fourth-order valence-electron chi connectivity index (χ4n) is 1.22. The number of aliphatic hydroxyl groups is 1. The standard InChI is InChI=1S/C7H10N2O2/c10-6-3-9(4-6)5-7-1-2-8-11-7/h1-2,6,10H,3-5H2. The van der Waals surface area contributed by atoms with Crippen LogP contribution in [0, 0.1) is 0 Å². The van der Waals surface area contributed by atoms with Gasteiger partial charge in [-0.15, -0.1) is 0 Å². The van der Waals surface area contributed by atoms with Crippen molar-refractivity contribution in [3.63, 3.8) is 0 Å². The SMILES string of the molecule is OC1CN(Cc2ccno2)C1. The molecule has 1 fully saturated rings. The van der Waals surface area contributed by atoms with Crippen LogP contribution in [0.15, 0.2) is 16.8 Å². The van der Waals surface area contributed by atoms with Gasteiger partial charge in [-0.05, 0) is 0 Å². The molecule has 60 valence electrons. The highest BCUT2D eigenvalue weighted by Gasteiger charge is 2.24. The minimum absolute atomic E-state index is 0.141. The molecule has 0 unspecified atom stereocenters. The smallest absolute Gasteiger partial charge is 0.150 e. The topological polar surface area (TPSA) is 49.5 Å². The molecule has 1 aromatic rings. The number of hydrogen-bond donors (Lipinski definition) is 1. The Labute approximate surface area is 64.4 Å². The van der Waals surface area contributed by atoms with Crippen molar-refractivity contribution < 1.29 is 9.63 Å². The van der Waals surface area contributed by atoms with Crippen molar-refractivity contribution in [1.29, 1.82) is 0 Å². The molecule has 0 bridgehead atoms. The van der Waals surface area contributed by atoms with E-state index in [0.717, 1.165) is 25.4 Å². The number of aromatic nitrogens is 1. The van der Waals surface area contributed by atoms with Gasteiger partial charge in [0.1, 0.15) is 0 Å². The Morgan fingerprint density at radius 1 is 1.73 bits per heavy atom. The first-order valence-electron chi connectivity index (χ1n) is 3.64. The molecule has 11 heavy (non-hydrogen) atoms. The van der Waals surface area contributed by atoms with Gasteiger partial charge < -0.3 is 9.63 Å². The van der Waals surface area contributed by atoms with Gasteiger partial charge in [-0.25, -0.2) is 0 Å². The first-order chi connectivity index (χ1) is 5.34. The lowest BCUT2D eigenvalue weighted by Crippen LogP contribution is -2.49. The minimum atomic E-state index is -0.141. The van der Waals surface area contributed by atoms with Crippen LogP contribution in [0.5, 0.6) is 0 Å². The van der Waals surface area contributed by atoms with Gasteiger partial charge in [0.15, 0.2) is 5.76 Å². The Balaban J connectivity index is 1.84. The second-order valence-corrected chi connectivity index (χ2v) is 2.83. The molecule has 2 rings (SSSR count). The predicted octanol–water partition coefficient (Wildman–Crippen LogP) is -0.149. The van der Waals surface area contributed by atoms with Crippen LogP contribution in [0.25, 0.3) is 0 Å². The summed E-state index contributed by atoms with van der Waals surface area (Å²) >= 11 is 0. The molecule has 1 aromatic heterocycles. The summed E-state index contributed by atoms with van der Waals surface area (Å²) in [6.45, 7) is 2.26. The van der Waals surface area contributed by atoms with Crippen LogP contribution < -0.4 is 0 Å². The summed E-state index contributed by atoms with van der Waals surface area (Å²) in [5.41, 5.74) is 0. The Morgan fingerprint density at radius 3 is 3.09 bits per heavy atom. The molecule has 2 heterocycles. The lowest BCUT2D eigenvalue weighted by molar-refractivity contribution is -0.00715. The highest BCUT2D eigenvalue weighted by molar-refractivity contribution is 4.94. The van der Waals surface area contributed by atoms with E-state index in [0.29, 0.717) is 0 Å². The Kier molecular flexibility index (Phi) is 1.63. The fraction of sp³-hybridized carbons (Fsp3) is 0.571. The average molecular weight is 154 g/mol. The number of nitrogens with zero attached hydrogens (tertiary/aromatic N) is 2. The summed E-state index contributed by atoms with van der Waals surface area (Å²) in [5.74, 6) is 0.858. The van der Waals surface area contributed by atoms with Crippen molar-refractivity contribution in [3.05, 3.63) is 18.0 Å². The molecule has 1 aliphatic rings. The molecular weight excluding hydrogens is 144 g/mol. The first-order valence-corrected chi connectivity index (χ1v) is 3.64. The van der Waals surface area contributed by atoms with E-state index in [-0.39, 0.29) is 6.10 Å². The number of aliphatic hydroxyl groups excluding tert-OH is 1. The van der Waals surface area contributed by atoms with Crippen LogP contribution in [0.1, 0.15) is 5.76 Å². The molecule has 0 saturated carbocycles. The van der Waals surface area contributed by atoms with Crippen LogP contribution in [0.3, 0.4) is 0 Å². The van der Waals surface area contributed by atoms with E-state index >= 15 is 0 Å². The van der Waals surface area contributed by atoms with E-state index in [2.05, 4.69) is 10.1 Å². The van der Waals surface area contributed by atoms with E-state index in [9.17, 15) is 0 Å². The zero-order valence-corrected chi connectivity index (χ0v) is 6.10. The molecule has 4 nitrogen and oxygen atoms in total. The second-order valence-electron chi connectivity index (χ2n) is 2.83. The van der Waals surface area contributed by atoms with Crippen LogP contribution in [0.2, 0.25) is 0 Å². The Bertz CT molecular complexity index is 216. The Hall–Kier alpha value is -0.870. The minimum Gasteiger partial charge on any atom is -0.390 e. The molecular formula is C7H10N2O2. The molecule has 1 saturated heterocycles. The van der Waals surface area contributed by atoms with Gasteiger partial charge in [0, 0.05) is 19.2 Å². The summed E-state index contributed by atoms with van der Waals surface area (Å²) in [4.78, 5) is 2.10. The average Bonchev–Trinajstić information content (AvgIpc) is 2.36. The third-order valence-corrected chi connectivity index (χ3v) is 1.81. The zero-order chi connectivity index (χ0) is 7.68. The van der Waals surface area contributed by atoms with Crippen molar-refractivity contribution in [2.24, 2.45) is 0 Å². The monoisotopic (exact) mass is 154 g/mol. The molecule has 1 aliphatic heterocycles. The van der Waals surface area contributed by atoms with Crippen molar-refractivity contribution in [2.45, 2.75) is 12.6 Å². The highest BCUT2D eigenvalue weighted by atomic mass is 16.5. The van der Waals surface area contributed by atoms with Crippen molar-refractivity contribution in [2.75, 3.05) is 13.1 Å². The van der Waals surface area contributed by atoms with Gasteiger partial charge >= 0.3 is 0 Å². The largest absolute Gasteiger partial charge is 0.390 e. The number of β-amino-alcohol motifs (C(OH)–C–C–N with tert-alkyl or cyclic N) is 1. The Morgan fingerprint density at radius 2 is 2.55 bits per heavy atom. The summed E-state index contributed by atoms with van der Waals surface area (Å²) in [7, 11) is 0. The predicted molar refractivity (Wildman–Crippen MR) is 37.8 cm³/mol. The molecule has 0 aromatic carbocycles. The lowest BCUT2D eigenvalue weighted by atomic mass is 10.2. The third-order valence-electron chi connectivity index (χ3n) is 1.81. The van der Waals surface area contributed by atoms with Crippen molar-refractivity contribution >= 4 is 0 Å². The molecule has 0 amide bonds. The van der Waals surface area contributed by atoms with Crippen LogP contribution >= 0.6 is 0 Å². The van der Waals surface area contributed by atoms with Crippen LogP contribution in [0.4, 0.5) is 0 Å². The van der Waals surface area contributed by atoms with Crippen LogP contribution in [-0.2, 0) is 6.54 Å². The van der Waals surface area contributed by atoms with E-state index in [1.807, 2.05) is 6.07 Å². The summed E-state index contributed by atoms with van der Waals surface area (Å²) in [6.07, 6.45) is 1.49. The molecule has 0 aliphatic carbocycles. The van der Waals surface area contributed by atoms with E-state index in [1.165, 1.54) is 0 Å². The van der Waals surface area contributed by atoms with Gasteiger partial charge in [-0.2, -0.15) is 0 Å². The zero-order valence-electron chi connectivity index (χ0n) is 6.10. The maximum atomic E-state index is 8.96. The summed E-state index contributed by atoms with van der Waals surface area (Å²) in [6, 6.07) is 1.84. The summed E-state index contributed by atoms with van der Waals surface area (Å²) in [5, 5.41) is 12.5. The third kappa shape index (κ3) is 1.41. The lowest BCUT2D eigenvalue weighted by Gasteiger charge is -2.34. The molecule has 0 radical (unpaired) electrons. The van der Waals surface area contributed by atoms with Crippen molar-refractivity contribution in [3.8, 4) is 0 Å². The van der Waals surface area contributed by atoms with E-state index in [1.54, 1.807) is 6.20 Å². The van der Waals surface area contributed by atoms with Gasteiger partial charge in [0.05, 0.1) is 18.8 Å². The fourth-order valence-corrected chi connectivity index (χ4v) is 1.22. The highest BCUT2D eigenvalue weighted by Crippen LogP contribution is 2.11. The second kappa shape index (κ2) is 2.64. The molecule has 0 spiro atoms. The number of likely N-dealkylation sites (tertiary alicyclic amines) is 1. The summed E-state index contributed by atoms with van der Waals surface area (Å²) < 4.78 is 4.90. The normalized spacial score (nSPS) is 20.1. The number of rotatable bonds is 2. The van der Waals surface area contributed by atoms with E-state index in [4.69, 9.17) is 9.63 Å². The van der Waals surface area contributed by atoms with E-state index < -0.39 is 0 Å². The quantitative estimate of drug-likeness (QED) is 0.643.